The van der Waals surface area contributed by atoms with Crippen molar-refractivity contribution >= 4 is 0 Å². The minimum absolute atomic E-state index is 0.0191. The maximum Gasteiger partial charge on any atom is 0.0872 e. The third-order valence-electron chi connectivity index (χ3n) is 4.36. The summed E-state index contributed by atoms with van der Waals surface area (Å²) >= 11 is 0. The maximum atomic E-state index is 6.03. The van der Waals surface area contributed by atoms with E-state index >= 15 is 0 Å². The molecule has 0 spiro atoms. The fourth-order valence-corrected chi connectivity index (χ4v) is 3.30. The molecule has 0 saturated heterocycles. The monoisotopic (exact) mass is 261 g/mol. The van der Waals surface area contributed by atoms with Crippen LogP contribution >= 0.6 is 0 Å². The van der Waals surface area contributed by atoms with Crippen LogP contribution in [-0.2, 0) is 4.74 Å². The summed E-state index contributed by atoms with van der Waals surface area (Å²) < 4.78 is 6.03. The van der Waals surface area contributed by atoms with Gasteiger partial charge in [-0.2, -0.15) is 0 Å². The topological polar surface area (TPSA) is 21.3 Å². The van der Waals surface area contributed by atoms with Crippen molar-refractivity contribution in [3.63, 3.8) is 0 Å². The van der Waals surface area contributed by atoms with Crippen molar-refractivity contribution < 1.29 is 4.74 Å². The molecule has 106 valence electrons. The molecule has 1 saturated carbocycles. The van der Waals surface area contributed by atoms with Gasteiger partial charge in [0, 0.05) is 7.11 Å². The molecule has 0 amide bonds. The Hall–Kier alpha value is -0.860. The van der Waals surface area contributed by atoms with Crippen LogP contribution in [0.1, 0.15) is 57.1 Å². The number of nitrogens with one attached hydrogen (secondary N) is 1. The van der Waals surface area contributed by atoms with E-state index in [0.29, 0.717) is 6.04 Å². The quantitative estimate of drug-likeness (QED) is 0.833. The van der Waals surface area contributed by atoms with Gasteiger partial charge in [0.25, 0.3) is 0 Å². The van der Waals surface area contributed by atoms with E-state index in [0.717, 1.165) is 13.0 Å². The highest BCUT2D eigenvalue weighted by Gasteiger charge is 2.40. The van der Waals surface area contributed by atoms with Crippen molar-refractivity contribution in [2.45, 2.75) is 57.1 Å². The van der Waals surface area contributed by atoms with Gasteiger partial charge in [-0.25, -0.2) is 0 Å². The molecule has 1 unspecified atom stereocenters. The molecule has 1 aromatic rings. The average molecular weight is 261 g/mol. The van der Waals surface area contributed by atoms with Gasteiger partial charge in [-0.15, -0.1) is 0 Å². The van der Waals surface area contributed by atoms with Gasteiger partial charge in [-0.05, 0) is 31.4 Å². The molecule has 0 heterocycles. The summed E-state index contributed by atoms with van der Waals surface area (Å²) in [6, 6.07) is 11.1. The first-order valence-electron chi connectivity index (χ1n) is 7.66. The molecule has 2 heteroatoms. The highest BCUT2D eigenvalue weighted by Crippen LogP contribution is 2.41. The zero-order valence-corrected chi connectivity index (χ0v) is 12.3. The van der Waals surface area contributed by atoms with Crippen LogP contribution in [0.4, 0.5) is 0 Å². The van der Waals surface area contributed by atoms with Crippen LogP contribution in [0.15, 0.2) is 30.3 Å². The third-order valence-corrected chi connectivity index (χ3v) is 4.36. The third kappa shape index (κ3) is 3.37. The second kappa shape index (κ2) is 7.06. The van der Waals surface area contributed by atoms with E-state index in [2.05, 4.69) is 42.6 Å². The molecule has 2 nitrogen and oxygen atoms in total. The van der Waals surface area contributed by atoms with Crippen LogP contribution in [-0.4, -0.2) is 19.3 Å². The molecule has 1 atom stereocenters. The fourth-order valence-electron chi connectivity index (χ4n) is 3.30. The number of rotatable bonds is 6. The molecule has 1 aliphatic rings. The van der Waals surface area contributed by atoms with Gasteiger partial charge >= 0.3 is 0 Å². The van der Waals surface area contributed by atoms with Crippen LogP contribution in [0.5, 0.6) is 0 Å². The lowest BCUT2D eigenvalue weighted by Gasteiger charge is -2.43. The van der Waals surface area contributed by atoms with Crippen molar-refractivity contribution in [1.29, 1.82) is 0 Å². The first kappa shape index (κ1) is 14.5. The summed E-state index contributed by atoms with van der Waals surface area (Å²) in [5.41, 5.74) is 1.34. The number of ether oxygens (including phenoxy) is 1. The van der Waals surface area contributed by atoms with E-state index in [9.17, 15) is 0 Å². The van der Waals surface area contributed by atoms with Crippen molar-refractivity contribution in [2.75, 3.05) is 13.7 Å². The molecule has 19 heavy (non-hydrogen) atoms. The lowest BCUT2D eigenvalue weighted by atomic mass is 9.76. The van der Waals surface area contributed by atoms with Crippen molar-refractivity contribution in [2.24, 2.45) is 0 Å². The van der Waals surface area contributed by atoms with Gasteiger partial charge in [0.15, 0.2) is 0 Å². The summed E-state index contributed by atoms with van der Waals surface area (Å²) in [6.45, 7) is 3.26. The van der Waals surface area contributed by atoms with E-state index < -0.39 is 0 Å². The Morgan fingerprint density at radius 2 is 1.84 bits per heavy atom. The second-order valence-corrected chi connectivity index (χ2v) is 5.63. The van der Waals surface area contributed by atoms with Crippen LogP contribution in [0.2, 0.25) is 0 Å². The minimum Gasteiger partial charge on any atom is -0.376 e. The first-order valence-corrected chi connectivity index (χ1v) is 7.66. The average Bonchev–Trinajstić information content (AvgIpc) is 2.49. The van der Waals surface area contributed by atoms with Crippen molar-refractivity contribution in [3.8, 4) is 0 Å². The Bertz CT molecular complexity index is 357. The van der Waals surface area contributed by atoms with Gasteiger partial charge in [-0.3, -0.25) is 0 Å². The number of hydrogen-bond acceptors (Lipinski definition) is 2. The van der Waals surface area contributed by atoms with E-state index in [1.165, 1.54) is 37.7 Å². The Balaban J connectivity index is 2.24. The largest absolute Gasteiger partial charge is 0.376 e. The van der Waals surface area contributed by atoms with Crippen LogP contribution in [0.25, 0.3) is 0 Å². The number of benzene rings is 1. The van der Waals surface area contributed by atoms with E-state index in [1.54, 1.807) is 0 Å². The van der Waals surface area contributed by atoms with Crippen molar-refractivity contribution in [1.82, 2.24) is 5.32 Å². The Morgan fingerprint density at radius 3 is 2.42 bits per heavy atom. The van der Waals surface area contributed by atoms with E-state index in [4.69, 9.17) is 4.74 Å². The van der Waals surface area contributed by atoms with E-state index in [-0.39, 0.29) is 5.60 Å². The predicted molar refractivity (Wildman–Crippen MR) is 80.3 cm³/mol. The molecule has 2 rings (SSSR count). The zero-order chi connectivity index (χ0) is 13.6. The lowest BCUT2D eigenvalue weighted by Crippen LogP contribution is -2.47. The molecule has 0 aromatic heterocycles. The molecular formula is C17H27NO. The first-order chi connectivity index (χ1) is 9.32. The molecule has 1 aliphatic carbocycles. The number of hydrogen-bond donors (Lipinski definition) is 1. The van der Waals surface area contributed by atoms with Gasteiger partial charge < -0.3 is 10.1 Å². The normalized spacial score (nSPS) is 20.1. The summed E-state index contributed by atoms with van der Waals surface area (Å²) in [4.78, 5) is 0. The standard InChI is InChI=1S/C17H27NO/c1-3-14-18-16(15-10-6-4-7-11-15)17(19-2)12-8-5-9-13-17/h4,6-7,10-11,16,18H,3,5,8-9,12-14H2,1-2H3. The minimum atomic E-state index is -0.0191. The Labute approximate surface area is 117 Å². The number of methoxy groups -OCH3 is 1. The predicted octanol–water partition coefficient (Wildman–Crippen LogP) is 4.08. The molecule has 1 aromatic carbocycles. The van der Waals surface area contributed by atoms with Crippen LogP contribution < -0.4 is 5.32 Å². The van der Waals surface area contributed by atoms with Gasteiger partial charge in [-0.1, -0.05) is 56.5 Å². The van der Waals surface area contributed by atoms with Gasteiger partial charge in [0.1, 0.15) is 0 Å². The summed E-state index contributed by atoms with van der Waals surface area (Å²) in [7, 11) is 1.88. The Morgan fingerprint density at radius 1 is 1.16 bits per heavy atom. The van der Waals surface area contributed by atoms with Crippen LogP contribution in [0, 0.1) is 0 Å². The van der Waals surface area contributed by atoms with Gasteiger partial charge in [0.2, 0.25) is 0 Å². The highest BCUT2D eigenvalue weighted by atomic mass is 16.5. The molecule has 0 aliphatic heterocycles. The molecule has 0 bridgehead atoms. The summed E-state index contributed by atoms with van der Waals surface area (Å²) in [5.74, 6) is 0. The van der Waals surface area contributed by atoms with Crippen LogP contribution in [0.3, 0.4) is 0 Å². The van der Waals surface area contributed by atoms with Gasteiger partial charge in [0.05, 0.1) is 11.6 Å². The second-order valence-electron chi connectivity index (χ2n) is 5.63. The highest BCUT2D eigenvalue weighted by molar-refractivity contribution is 5.23. The summed E-state index contributed by atoms with van der Waals surface area (Å²) in [5, 5.41) is 3.72. The van der Waals surface area contributed by atoms with Crippen molar-refractivity contribution in [3.05, 3.63) is 35.9 Å². The maximum absolute atomic E-state index is 6.03. The molecule has 1 fully saturated rings. The summed E-state index contributed by atoms with van der Waals surface area (Å²) in [6.07, 6.45) is 7.40. The SMILES string of the molecule is CCCNC(c1ccccc1)C1(OC)CCCCC1. The Kier molecular flexibility index (Phi) is 5.41. The fraction of sp³-hybridized carbons (Fsp3) is 0.647. The van der Waals surface area contributed by atoms with E-state index in [1.807, 2.05) is 7.11 Å². The molecule has 1 N–H and O–H groups in total. The molecular weight excluding hydrogens is 234 g/mol. The zero-order valence-electron chi connectivity index (χ0n) is 12.3. The molecule has 0 radical (unpaired) electrons. The smallest absolute Gasteiger partial charge is 0.0872 e. The lowest BCUT2D eigenvalue weighted by molar-refractivity contribution is -0.0687.